The van der Waals surface area contributed by atoms with E-state index in [4.69, 9.17) is 0 Å². The molecule has 0 aromatic heterocycles. The molecule has 0 radical (unpaired) electrons. The second-order valence-corrected chi connectivity index (χ2v) is 9.38. The van der Waals surface area contributed by atoms with E-state index in [1.165, 1.54) is 65.7 Å². The lowest BCUT2D eigenvalue weighted by atomic mass is 9.88. The molecule has 0 saturated heterocycles. The van der Waals surface area contributed by atoms with Crippen molar-refractivity contribution in [2.75, 3.05) is 0 Å². The van der Waals surface area contributed by atoms with Gasteiger partial charge in [0.05, 0.1) is 0 Å². The summed E-state index contributed by atoms with van der Waals surface area (Å²) >= 11 is 0. The van der Waals surface area contributed by atoms with Crippen molar-refractivity contribution in [2.45, 2.75) is 0 Å². The largest absolute Gasteiger partial charge is 0.0622 e. The third-order valence-electron chi connectivity index (χ3n) is 7.25. The maximum absolute atomic E-state index is 2.34. The Hall–Kier alpha value is -4.68. The summed E-state index contributed by atoms with van der Waals surface area (Å²) in [7, 11) is 0. The summed E-state index contributed by atoms with van der Waals surface area (Å²) in [6, 6.07) is 52.8. The fourth-order valence-corrected chi connectivity index (χ4v) is 5.46. The SMILES string of the molecule is c1ccc(-c2cccc3c(-c4ccc(-c5ccc6ccccc6c5)cc4)cc4ccccc4c23)cc1. The van der Waals surface area contributed by atoms with E-state index in [1.54, 1.807) is 0 Å². The average molecular weight is 457 g/mol. The third kappa shape index (κ3) is 3.47. The molecule has 0 amide bonds. The zero-order valence-electron chi connectivity index (χ0n) is 19.9. The molecule has 7 rings (SSSR count). The molecule has 7 aromatic carbocycles. The van der Waals surface area contributed by atoms with E-state index in [-0.39, 0.29) is 0 Å². The van der Waals surface area contributed by atoms with Crippen LogP contribution in [0.15, 0.2) is 146 Å². The second-order valence-electron chi connectivity index (χ2n) is 9.38. The van der Waals surface area contributed by atoms with Gasteiger partial charge in [0.2, 0.25) is 0 Å². The zero-order valence-corrected chi connectivity index (χ0v) is 19.9. The summed E-state index contributed by atoms with van der Waals surface area (Å²) in [5, 5.41) is 7.71. The Morgan fingerprint density at radius 1 is 0.278 bits per heavy atom. The molecule has 0 aliphatic heterocycles. The third-order valence-corrected chi connectivity index (χ3v) is 7.25. The molecule has 0 heteroatoms. The van der Waals surface area contributed by atoms with Gasteiger partial charge >= 0.3 is 0 Å². The Morgan fingerprint density at radius 2 is 0.889 bits per heavy atom. The van der Waals surface area contributed by atoms with Gasteiger partial charge in [0.1, 0.15) is 0 Å². The van der Waals surface area contributed by atoms with E-state index in [0.29, 0.717) is 0 Å². The van der Waals surface area contributed by atoms with Crippen molar-refractivity contribution < 1.29 is 0 Å². The van der Waals surface area contributed by atoms with E-state index in [0.717, 1.165) is 0 Å². The quantitative estimate of drug-likeness (QED) is 0.232. The van der Waals surface area contributed by atoms with Gasteiger partial charge in [-0.15, -0.1) is 0 Å². The van der Waals surface area contributed by atoms with Crippen LogP contribution in [0.4, 0.5) is 0 Å². The molecule has 0 spiro atoms. The maximum atomic E-state index is 2.34. The average Bonchev–Trinajstić information content (AvgIpc) is 2.97. The maximum Gasteiger partial charge on any atom is -0.00206 e. The van der Waals surface area contributed by atoms with Gasteiger partial charge in [-0.1, -0.05) is 133 Å². The summed E-state index contributed by atoms with van der Waals surface area (Å²) < 4.78 is 0. The minimum Gasteiger partial charge on any atom is -0.0622 e. The van der Waals surface area contributed by atoms with E-state index >= 15 is 0 Å². The minimum atomic E-state index is 1.24. The lowest BCUT2D eigenvalue weighted by Gasteiger charge is -2.15. The van der Waals surface area contributed by atoms with Gasteiger partial charge in [-0.3, -0.25) is 0 Å². The van der Waals surface area contributed by atoms with Crippen molar-refractivity contribution >= 4 is 32.3 Å². The first kappa shape index (κ1) is 20.7. The van der Waals surface area contributed by atoms with Crippen LogP contribution in [0.1, 0.15) is 0 Å². The number of hydrogen-bond acceptors (Lipinski definition) is 0. The monoisotopic (exact) mass is 456 g/mol. The number of hydrogen-bond donors (Lipinski definition) is 0. The molecule has 36 heavy (non-hydrogen) atoms. The number of fused-ring (bicyclic) bond motifs is 4. The van der Waals surface area contributed by atoms with Crippen LogP contribution in [0, 0.1) is 0 Å². The molecule has 0 fully saturated rings. The van der Waals surface area contributed by atoms with Crippen LogP contribution in [0.2, 0.25) is 0 Å². The topological polar surface area (TPSA) is 0 Å². The highest BCUT2D eigenvalue weighted by atomic mass is 14.2. The summed E-state index contributed by atoms with van der Waals surface area (Å²) in [6.45, 7) is 0. The molecule has 0 N–H and O–H groups in total. The molecule has 0 aliphatic carbocycles. The molecule has 0 aliphatic rings. The molecular formula is C36H24. The van der Waals surface area contributed by atoms with Gasteiger partial charge in [0, 0.05) is 0 Å². The van der Waals surface area contributed by atoms with Gasteiger partial charge in [-0.05, 0) is 77.8 Å². The normalized spacial score (nSPS) is 11.3. The van der Waals surface area contributed by atoms with Crippen LogP contribution in [-0.2, 0) is 0 Å². The Labute approximate surface area is 211 Å². The second kappa shape index (κ2) is 8.52. The van der Waals surface area contributed by atoms with Gasteiger partial charge in [0.15, 0.2) is 0 Å². The van der Waals surface area contributed by atoms with Crippen LogP contribution >= 0.6 is 0 Å². The van der Waals surface area contributed by atoms with Crippen molar-refractivity contribution in [2.24, 2.45) is 0 Å². The molecule has 0 heterocycles. The molecule has 0 unspecified atom stereocenters. The highest BCUT2D eigenvalue weighted by Crippen LogP contribution is 2.40. The van der Waals surface area contributed by atoms with Crippen LogP contribution in [0.5, 0.6) is 0 Å². The van der Waals surface area contributed by atoms with Crippen LogP contribution in [0.25, 0.3) is 65.7 Å². The van der Waals surface area contributed by atoms with Crippen LogP contribution in [-0.4, -0.2) is 0 Å². The van der Waals surface area contributed by atoms with Crippen molar-refractivity contribution in [3.05, 3.63) is 146 Å². The lowest BCUT2D eigenvalue weighted by molar-refractivity contribution is 1.62. The van der Waals surface area contributed by atoms with Gasteiger partial charge in [-0.25, -0.2) is 0 Å². The van der Waals surface area contributed by atoms with E-state index in [1.807, 2.05) is 0 Å². The first-order valence-corrected chi connectivity index (χ1v) is 12.4. The Kier molecular flexibility index (Phi) is 4.89. The Morgan fingerprint density at radius 3 is 1.72 bits per heavy atom. The molecule has 0 nitrogen and oxygen atoms in total. The molecule has 0 atom stereocenters. The molecule has 0 saturated carbocycles. The molecule has 168 valence electrons. The number of rotatable bonds is 3. The Bertz CT molecular complexity index is 1860. The van der Waals surface area contributed by atoms with Crippen molar-refractivity contribution in [1.29, 1.82) is 0 Å². The fourth-order valence-electron chi connectivity index (χ4n) is 5.46. The molecule has 0 bridgehead atoms. The summed E-state index contributed by atoms with van der Waals surface area (Å²) in [5.41, 5.74) is 7.51. The predicted molar refractivity (Wildman–Crippen MR) is 155 cm³/mol. The van der Waals surface area contributed by atoms with Crippen molar-refractivity contribution in [3.8, 4) is 33.4 Å². The summed E-state index contributed by atoms with van der Waals surface area (Å²) in [5.74, 6) is 0. The smallest absolute Gasteiger partial charge is 0.00206 e. The van der Waals surface area contributed by atoms with E-state index in [2.05, 4.69) is 146 Å². The lowest BCUT2D eigenvalue weighted by Crippen LogP contribution is -1.88. The predicted octanol–water partition coefficient (Wildman–Crippen LogP) is 10.1. The first-order valence-electron chi connectivity index (χ1n) is 12.4. The van der Waals surface area contributed by atoms with Gasteiger partial charge in [0.25, 0.3) is 0 Å². The van der Waals surface area contributed by atoms with Gasteiger partial charge in [-0.2, -0.15) is 0 Å². The van der Waals surface area contributed by atoms with Crippen molar-refractivity contribution in [1.82, 2.24) is 0 Å². The highest BCUT2D eigenvalue weighted by Gasteiger charge is 2.13. The number of benzene rings is 7. The summed E-state index contributed by atoms with van der Waals surface area (Å²) in [6.07, 6.45) is 0. The Balaban J connectivity index is 1.41. The van der Waals surface area contributed by atoms with Gasteiger partial charge < -0.3 is 0 Å². The van der Waals surface area contributed by atoms with Crippen LogP contribution < -0.4 is 0 Å². The molecular weight excluding hydrogens is 432 g/mol. The standard InChI is InChI=1S/C36H24/c1-2-10-27(11-3-1)32-15-8-16-34-35(24-31-13-6-7-14-33(31)36(32)34)28-20-17-26(18-21-28)30-22-19-25-9-4-5-12-29(25)23-30/h1-24H. The highest BCUT2D eigenvalue weighted by molar-refractivity contribution is 6.19. The minimum absolute atomic E-state index is 1.24. The molecule has 7 aromatic rings. The zero-order chi connectivity index (χ0) is 23.9. The summed E-state index contributed by atoms with van der Waals surface area (Å²) in [4.78, 5) is 0. The fraction of sp³-hybridized carbons (Fsp3) is 0. The first-order chi connectivity index (χ1) is 17.8. The van der Waals surface area contributed by atoms with E-state index in [9.17, 15) is 0 Å². The van der Waals surface area contributed by atoms with Crippen LogP contribution in [0.3, 0.4) is 0 Å². The van der Waals surface area contributed by atoms with E-state index < -0.39 is 0 Å². The van der Waals surface area contributed by atoms with Crippen molar-refractivity contribution in [3.63, 3.8) is 0 Å².